The Bertz CT molecular complexity index is 621. The molecule has 0 aliphatic heterocycles. The number of carboxylic acids is 1. The van der Waals surface area contributed by atoms with Crippen molar-refractivity contribution in [3.8, 4) is 5.75 Å². The van der Waals surface area contributed by atoms with Crippen molar-refractivity contribution in [2.24, 2.45) is 0 Å². The van der Waals surface area contributed by atoms with Crippen LogP contribution in [0.3, 0.4) is 0 Å². The minimum atomic E-state index is -4.61. The van der Waals surface area contributed by atoms with E-state index < -0.39 is 17.2 Å². The number of carbonyl (C=O) groups is 1. The highest BCUT2D eigenvalue weighted by atomic mass is 32.1. The lowest BCUT2D eigenvalue weighted by Gasteiger charge is -2.01. The van der Waals surface area contributed by atoms with E-state index in [1.165, 1.54) is 19.2 Å². The Balaban J connectivity index is 2.78. The first-order valence-corrected chi connectivity index (χ1v) is 5.44. The number of rotatable bonds is 2. The van der Waals surface area contributed by atoms with E-state index in [0.717, 1.165) is 0 Å². The van der Waals surface area contributed by atoms with Gasteiger partial charge in [0.15, 0.2) is 5.01 Å². The van der Waals surface area contributed by atoms with Gasteiger partial charge in [-0.15, -0.1) is 11.3 Å². The molecule has 0 saturated carbocycles. The molecular formula is C10H6F3NO3S. The van der Waals surface area contributed by atoms with Gasteiger partial charge in [0.1, 0.15) is 11.3 Å². The first-order valence-electron chi connectivity index (χ1n) is 4.62. The van der Waals surface area contributed by atoms with E-state index >= 15 is 0 Å². The van der Waals surface area contributed by atoms with Crippen molar-refractivity contribution in [2.45, 2.75) is 6.18 Å². The van der Waals surface area contributed by atoms with E-state index in [-0.39, 0.29) is 21.5 Å². The normalized spacial score (nSPS) is 11.8. The average molecular weight is 277 g/mol. The van der Waals surface area contributed by atoms with Crippen molar-refractivity contribution < 1.29 is 27.8 Å². The van der Waals surface area contributed by atoms with Gasteiger partial charge in [-0.05, 0) is 12.1 Å². The number of alkyl halides is 3. The van der Waals surface area contributed by atoms with Gasteiger partial charge in [-0.25, -0.2) is 9.78 Å². The number of thiazole rings is 1. The molecule has 1 heterocycles. The van der Waals surface area contributed by atoms with Crippen LogP contribution in [0, 0.1) is 0 Å². The Morgan fingerprint density at radius 2 is 2.11 bits per heavy atom. The molecule has 18 heavy (non-hydrogen) atoms. The smallest absolute Gasteiger partial charge is 0.443 e. The van der Waals surface area contributed by atoms with Crippen molar-refractivity contribution in [1.82, 2.24) is 4.98 Å². The molecule has 2 rings (SSSR count). The Kier molecular flexibility index (Phi) is 2.89. The molecule has 1 aromatic heterocycles. The van der Waals surface area contributed by atoms with Crippen LogP contribution in [0.1, 0.15) is 15.4 Å². The van der Waals surface area contributed by atoms with Gasteiger partial charge in [0, 0.05) is 0 Å². The van der Waals surface area contributed by atoms with Crippen LogP contribution >= 0.6 is 11.3 Å². The molecule has 1 aromatic carbocycles. The van der Waals surface area contributed by atoms with Crippen LogP contribution < -0.4 is 4.74 Å². The highest BCUT2D eigenvalue weighted by Crippen LogP contribution is 2.39. The van der Waals surface area contributed by atoms with Crippen LogP contribution in [0.25, 0.3) is 10.2 Å². The minimum Gasteiger partial charge on any atom is -0.494 e. The van der Waals surface area contributed by atoms with Crippen molar-refractivity contribution in [1.29, 1.82) is 0 Å². The molecule has 1 N–H and O–H groups in total. The molecule has 0 fully saturated rings. The summed E-state index contributed by atoms with van der Waals surface area (Å²) in [6.07, 6.45) is -4.61. The zero-order valence-corrected chi connectivity index (χ0v) is 9.72. The fourth-order valence-electron chi connectivity index (χ4n) is 1.44. The highest BCUT2D eigenvalue weighted by Gasteiger charge is 2.36. The summed E-state index contributed by atoms with van der Waals surface area (Å²) in [6.45, 7) is 0. The quantitative estimate of drug-likeness (QED) is 0.916. The third kappa shape index (κ3) is 1.99. The molecule has 0 amide bonds. The standard InChI is InChI=1S/C10H6F3NO3S/c1-17-5-3-2-4(8(15)16)7-6(5)14-9(18-7)10(11,12)13/h2-3H,1H3,(H,15,16). The molecule has 0 aliphatic carbocycles. The highest BCUT2D eigenvalue weighted by molar-refractivity contribution is 7.19. The number of carboxylic acid groups (broad SMARTS) is 1. The van der Waals surface area contributed by atoms with E-state index in [1.807, 2.05) is 0 Å². The second-order valence-electron chi connectivity index (χ2n) is 3.32. The number of nitrogens with zero attached hydrogens (tertiary/aromatic N) is 1. The topological polar surface area (TPSA) is 59.4 Å². The first kappa shape index (κ1) is 12.6. The number of aromatic carboxylic acids is 1. The lowest BCUT2D eigenvalue weighted by molar-refractivity contribution is -0.137. The van der Waals surface area contributed by atoms with Gasteiger partial charge in [-0.1, -0.05) is 0 Å². The Morgan fingerprint density at radius 3 is 2.61 bits per heavy atom. The van der Waals surface area contributed by atoms with Crippen LogP contribution in [0.5, 0.6) is 5.75 Å². The molecule has 0 unspecified atom stereocenters. The monoisotopic (exact) mass is 277 g/mol. The van der Waals surface area contributed by atoms with Crippen molar-refractivity contribution in [3.05, 3.63) is 22.7 Å². The third-order valence-electron chi connectivity index (χ3n) is 2.20. The summed E-state index contributed by atoms with van der Waals surface area (Å²) in [5.41, 5.74) is -0.312. The summed E-state index contributed by atoms with van der Waals surface area (Å²) < 4.78 is 42.5. The van der Waals surface area contributed by atoms with Gasteiger partial charge < -0.3 is 9.84 Å². The molecule has 8 heteroatoms. The second-order valence-corrected chi connectivity index (χ2v) is 4.31. The molecule has 0 bridgehead atoms. The lowest BCUT2D eigenvalue weighted by Crippen LogP contribution is -2.03. The fourth-order valence-corrected chi connectivity index (χ4v) is 2.39. The van der Waals surface area contributed by atoms with Gasteiger partial charge in [0.25, 0.3) is 0 Å². The number of halogens is 3. The van der Waals surface area contributed by atoms with Crippen LogP contribution in [-0.2, 0) is 6.18 Å². The maximum absolute atomic E-state index is 12.6. The minimum absolute atomic E-state index is 0.0471. The number of fused-ring (bicyclic) bond motifs is 1. The number of hydrogen-bond acceptors (Lipinski definition) is 4. The van der Waals surface area contributed by atoms with Crippen molar-refractivity contribution >= 4 is 27.5 Å². The van der Waals surface area contributed by atoms with Crippen LogP contribution in [-0.4, -0.2) is 23.2 Å². The molecule has 0 saturated heterocycles. The van der Waals surface area contributed by atoms with E-state index in [9.17, 15) is 18.0 Å². The van der Waals surface area contributed by atoms with Crippen molar-refractivity contribution in [2.75, 3.05) is 7.11 Å². The third-order valence-corrected chi connectivity index (χ3v) is 3.33. The molecule has 0 atom stereocenters. The van der Waals surface area contributed by atoms with Gasteiger partial charge in [0.05, 0.1) is 17.4 Å². The second kappa shape index (κ2) is 4.13. The Labute approximate surface area is 103 Å². The Morgan fingerprint density at radius 1 is 1.44 bits per heavy atom. The maximum atomic E-state index is 12.6. The van der Waals surface area contributed by atoms with Gasteiger partial charge in [-0.3, -0.25) is 0 Å². The number of methoxy groups -OCH3 is 1. The predicted octanol–water partition coefficient (Wildman–Crippen LogP) is 3.02. The number of aromatic nitrogens is 1. The summed E-state index contributed by atoms with van der Waals surface area (Å²) in [5, 5.41) is 7.82. The van der Waals surface area contributed by atoms with Crippen LogP contribution in [0.4, 0.5) is 13.2 Å². The zero-order valence-electron chi connectivity index (χ0n) is 8.91. The summed E-state index contributed by atoms with van der Waals surface area (Å²) >= 11 is 0.292. The van der Waals surface area contributed by atoms with E-state index in [1.54, 1.807) is 0 Å². The molecule has 0 spiro atoms. The molecule has 0 radical (unpaired) electrons. The predicted molar refractivity (Wildman–Crippen MR) is 58.1 cm³/mol. The summed E-state index contributed by atoms with van der Waals surface area (Å²) in [4.78, 5) is 14.3. The average Bonchev–Trinajstić information content (AvgIpc) is 2.71. The number of benzene rings is 1. The maximum Gasteiger partial charge on any atom is 0.443 e. The van der Waals surface area contributed by atoms with E-state index in [0.29, 0.717) is 11.3 Å². The van der Waals surface area contributed by atoms with Gasteiger partial charge in [0.2, 0.25) is 0 Å². The summed E-state index contributed by atoms with van der Waals surface area (Å²) in [5.74, 6) is -1.19. The summed E-state index contributed by atoms with van der Waals surface area (Å²) in [7, 11) is 1.28. The first-order chi connectivity index (χ1) is 8.34. The van der Waals surface area contributed by atoms with E-state index in [4.69, 9.17) is 9.84 Å². The largest absolute Gasteiger partial charge is 0.494 e. The molecule has 2 aromatic rings. The SMILES string of the molecule is COc1ccc(C(=O)O)c2sc(C(F)(F)F)nc12. The summed E-state index contributed by atoms with van der Waals surface area (Å²) in [6, 6.07) is 2.48. The lowest BCUT2D eigenvalue weighted by atomic mass is 10.2. The van der Waals surface area contributed by atoms with E-state index in [2.05, 4.69) is 4.98 Å². The van der Waals surface area contributed by atoms with Gasteiger partial charge in [-0.2, -0.15) is 13.2 Å². The Hall–Kier alpha value is -1.83. The fraction of sp³-hybridized carbons (Fsp3) is 0.200. The zero-order chi connectivity index (χ0) is 13.5. The van der Waals surface area contributed by atoms with Crippen LogP contribution in [0.15, 0.2) is 12.1 Å². The number of hydrogen-bond donors (Lipinski definition) is 1. The molecule has 96 valence electrons. The molecular weight excluding hydrogens is 271 g/mol. The molecule has 0 aliphatic rings. The number of ether oxygens (including phenoxy) is 1. The molecule has 4 nitrogen and oxygen atoms in total. The van der Waals surface area contributed by atoms with Crippen LogP contribution in [0.2, 0.25) is 0 Å². The van der Waals surface area contributed by atoms with Gasteiger partial charge >= 0.3 is 12.1 Å². The van der Waals surface area contributed by atoms with Crippen molar-refractivity contribution in [3.63, 3.8) is 0 Å².